The third kappa shape index (κ3) is 4.97. The molecule has 3 atom stereocenters. The molecule has 0 unspecified atom stereocenters. The summed E-state index contributed by atoms with van der Waals surface area (Å²) in [4.78, 5) is 42.3. The van der Waals surface area contributed by atoms with Crippen molar-refractivity contribution in [2.75, 3.05) is 14.2 Å². The van der Waals surface area contributed by atoms with Gasteiger partial charge in [-0.05, 0) is 11.5 Å². The van der Waals surface area contributed by atoms with E-state index in [1.54, 1.807) is 0 Å². The lowest BCUT2D eigenvalue weighted by Gasteiger charge is -2.26. The molecule has 2 rings (SSSR count). The summed E-state index contributed by atoms with van der Waals surface area (Å²) in [5.74, 6) is -2.06. The number of methoxy groups -OCH3 is 2. The molecule has 0 radical (unpaired) electrons. The van der Waals surface area contributed by atoms with E-state index in [1.807, 2.05) is 44.2 Å². The zero-order chi connectivity index (χ0) is 20.0. The first-order chi connectivity index (χ1) is 12.9. The summed E-state index contributed by atoms with van der Waals surface area (Å²) in [6.07, 6.45) is -1.78. The van der Waals surface area contributed by atoms with Gasteiger partial charge >= 0.3 is 18.0 Å². The number of carbonyl (C=O) groups is 3. The third-order valence-electron chi connectivity index (χ3n) is 4.43. The largest absolute Gasteiger partial charge is 0.469 e. The van der Waals surface area contributed by atoms with Gasteiger partial charge in [-0.2, -0.15) is 5.06 Å². The van der Waals surface area contributed by atoms with Crippen molar-refractivity contribution in [2.45, 2.75) is 39.0 Å². The number of hydrogen-bond acceptors (Lipinski definition) is 7. The number of esters is 2. The molecule has 1 aliphatic heterocycles. The van der Waals surface area contributed by atoms with Gasteiger partial charge in [-0.25, -0.2) is 4.79 Å². The molecular formula is C19H25NO7. The first kappa shape index (κ1) is 20.7. The Labute approximate surface area is 158 Å². The van der Waals surface area contributed by atoms with E-state index in [4.69, 9.17) is 14.3 Å². The number of hydroxylamine groups is 2. The zero-order valence-corrected chi connectivity index (χ0v) is 15.9. The molecular weight excluding hydrogens is 354 g/mol. The van der Waals surface area contributed by atoms with Crippen molar-refractivity contribution in [2.24, 2.45) is 11.8 Å². The molecule has 0 bridgehead atoms. The highest BCUT2D eigenvalue weighted by atomic mass is 16.7. The maximum Gasteiger partial charge on any atom is 0.434 e. The van der Waals surface area contributed by atoms with E-state index in [9.17, 15) is 14.4 Å². The van der Waals surface area contributed by atoms with E-state index in [2.05, 4.69) is 4.74 Å². The van der Waals surface area contributed by atoms with Gasteiger partial charge in [0.1, 0.15) is 18.6 Å². The molecule has 1 aromatic rings. The van der Waals surface area contributed by atoms with Gasteiger partial charge in [0, 0.05) is 0 Å². The van der Waals surface area contributed by atoms with Crippen LogP contribution in [0.15, 0.2) is 30.3 Å². The van der Waals surface area contributed by atoms with Crippen LogP contribution in [0, 0.1) is 11.8 Å². The van der Waals surface area contributed by atoms with Crippen LogP contribution in [0.3, 0.4) is 0 Å². The van der Waals surface area contributed by atoms with Crippen LogP contribution in [0.4, 0.5) is 4.79 Å². The van der Waals surface area contributed by atoms with E-state index in [0.717, 1.165) is 10.6 Å². The van der Waals surface area contributed by atoms with Crippen LogP contribution in [0.2, 0.25) is 0 Å². The van der Waals surface area contributed by atoms with Crippen molar-refractivity contribution < 1.29 is 33.4 Å². The molecule has 0 N–H and O–H groups in total. The Balaban J connectivity index is 2.18. The lowest BCUT2D eigenvalue weighted by Crippen LogP contribution is -2.43. The zero-order valence-electron chi connectivity index (χ0n) is 15.9. The summed E-state index contributed by atoms with van der Waals surface area (Å²) in [5, 5.41) is 1.04. The lowest BCUT2D eigenvalue weighted by atomic mass is 9.86. The normalized spacial score (nSPS) is 21.8. The molecule has 27 heavy (non-hydrogen) atoms. The second-order valence-corrected chi connectivity index (χ2v) is 6.57. The fourth-order valence-electron chi connectivity index (χ4n) is 3.12. The second kappa shape index (κ2) is 9.36. The maximum atomic E-state index is 12.6. The molecule has 8 nitrogen and oxygen atoms in total. The molecule has 0 spiro atoms. The van der Waals surface area contributed by atoms with Crippen LogP contribution in [-0.4, -0.2) is 49.5 Å². The predicted molar refractivity (Wildman–Crippen MR) is 94.1 cm³/mol. The number of ether oxygens (including phenoxy) is 3. The topological polar surface area (TPSA) is 91.4 Å². The molecule has 1 amide bonds. The number of benzene rings is 1. The SMILES string of the molecule is COC(=O)C[C@@H]1ON(C(=O)OCc2ccccc2)[C@H](C(C)C)[C@H]1C(=O)OC. The Bertz CT molecular complexity index is 661. The van der Waals surface area contributed by atoms with Crippen molar-refractivity contribution in [3.63, 3.8) is 0 Å². The molecule has 1 fully saturated rings. The van der Waals surface area contributed by atoms with Gasteiger partial charge < -0.3 is 14.2 Å². The summed E-state index contributed by atoms with van der Waals surface area (Å²) in [5.41, 5.74) is 0.821. The van der Waals surface area contributed by atoms with Crippen molar-refractivity contribution in [3.05, 3.63) is 35.9 Å². The minimum atomic E-state index is -0.874. The predicted octanol–water partition coefficient (Wildman–Crippen LogP) is 2.32. The van der Waals surface area contributed by atoms with Gasteiger partial charge in [0.2, 0.25) is 0 Å². The Hall–Kier alpha value is -2.61. The van der Waals surface area contributed by atoms with E-state index >= 15 is 0 Å². The number of carbonyl (C=O) groups excluding carboxylic acids is 3. The van der Waals surface area contributed by atoms with Crippen LogP contribution in [-0.2, 0) is 35.2 Å². The molecule has 8 heteroatoms. The van der Waals surface area contributed by atoms with Gasteiger partial charge in [-0.1, -0.05) is 44.2 Å². The molecule has 1 heterocycles. The first-order valence-electron chi connectivity index (χ1n) is 8.70. The molecule has 1 aliphatic rings. The van der Waals surface area contributed by atoms with Gasteiger partial charge in [0.05, 0.1) is 26.7 Å². The summed E-state index contributed by atoms with van der Waals surface area (Å²) in [6.45, 7) is 3.76. The van der Waals surface area contributed by atoms with Crippen LogP contribution in [0.25, 0.3) is 0 Å². The van der Waals surface area contributed by atoms with Crippen molar-refractivity contribution in [1.29, 1.82) is 0 Å². The quantitative estimate of drug-likeness (QED) is 0.553. The number of rotatable bonds is 6. The van der Waals surface area contributed by atoms with Crippen molar-refractivity contribution >= 4 is 18.0 Å². The average Bonchev–Trinajstić information content (AvgIpc) is 3.05. The highest BCUT2D eigenvalue weighted by molar-refractivity contribution is 5.78. The summed E-state index contributed by atoms with van der Waals surface area (Å²) in [7, 11) is 2.50. The highest BCUT2D eigenvalue weighted by Gasteiger charge is 2.52. The van der Waals surface area contributed by atoms with E-state index in [1.165, 1.54) is 14.2 Å². The standard InChI is InChI=1S/C19H25NO7/c1-12(2)17-16(18(22)25-4)14(10-15(21)24-3)27-20(17)19(23)26-11-13-8-6-5-7-9-13/h5-9,12,14,16-17H,10-11H2,1-4H3/t14-,16-,17+/m0/s1. The number of amides is 1. The Morgan fingerprint density at radius 2 is 1.78 bits per heavy atom. The number of hydrogen-bond donors (Lipinski definition) is 0. The highest BCUT2D eigenvalue weighted by Crippen LogP contribution is 2.35. The minimum absolute atomic E-state index is 0.0644. The smallest absolute Gasteiger partial charge is 0.434 e. The molecule has 148 valence electrons. The van der Waals surface area contributed by atoms with Gasteiger partial charge in [0.25, 0.3) is 0 Å². The fraction of sp³-hybridized carbons (Fsp3) is 0.526. The van der Waals surface area contributed by atoms with Crippen LogP contribution >= 0.6 is 0 Å². The molecule has 1 saturated heterocycles. The Kier molecular flexibility index (Phi) is 7.18. The summed E-state index contributed by atoms with van der Waals surface area (Å²) in [6, 6.07) is 8.57. The van der Waals surface area contributed by atoms with E-state index in [-0.39, 0.29) is 18.9 Å². The average molecular weight is 379 g/mol. The van der Waals surface area contributed by atoms with Gasteiger partial charge in [0.15, 0.2) is 0 Å². The Morgan fingerprint density at radius 1 is 1.11 bits per heavy atom. The third-order valence-corrected chi connectivity index (χ3v) is 4.43. The summed E-state index contributed by atoms with van der Waals surface area (Å²) >= 11 is 0. The summed E-state index contributed by atoms with van der Waals surface area (Å²) < 4.78 is 14.9. The number of nitrogens with zero attached hydrogens (tertiary/aromatic N) is 1. The fourth-order valence-corrected chi connectivity index (χ4v) is 3.12. The van der Waals surface area contributed by atoms with E-state index < -0.39 is 36.1 Å². The molecule has 0 aliphatic carbocycles. The monoisotopic (exact) mass is 379 g/mol. The minimum Gasteiger partial charge on any atom is -0.469 e. The lowest BCUT2D eigenvalue weighted by molar-refractivity contribution is -0.163. The molecule has 1 aromatic carbocycles. The maximum absolute atomic E-state index is 12.6. The first-order valence-corrected chi connectivity index (χ1v) is 8.70. The van der Waals surface area contributed by atoms with Crippen molar-refractivity contribution in [3.8, 4) is 0 Å². The molecule has 0 saturated carbocycles. The van der Waals surface area contributed by atoms with Gasteiger partial charge in [-0.15, -0.1) is 0 Å². The van der Waals surface area contributed by atoms with Crippen LogP contribution in [0.1, 0.15) is 25.8 Å². The second-order valence-electron chi connectivity index (χ2n) is 6.57. The van der Waals surface area contributed by atoms with Gasteiger partial charge in [-0.3, -0.25) is 14.4 Å². The van der Waals surface area contributed by atoms with Crippen LogP contribution in [0.5, 0.6) is 0 Å². The van der Waals surface area contributed by atoms with Crippen LogP contribution < -0.4 is 0 Å². The van der Waals surface area contributed by atoms with Crippen molar-refractivity contribution in [1.82, 2.24) is 5.06 Å². The Morgan fingerprint density at radius 3 is 2.33 bits per heavy atom. The molecule has 0 aromatic heterocycles. The van der Waals surface area contributed by atoms with E-state index in [0.29, 0.717) is 0 Å².